The first-order chi connectivity index (χ1) is 12.8. The summed E-state index contributed by atoms with van der Waals surface area (Å²) in [5.41, 5.74) is 2.28. The van der Waals surface area contributed by atoms with E-state index in [4.69, 9.17) is 23.2 Å². The van der Waals surface area contributed by atoms with Crippen molar-refractivity contribution < 1.29 is 9.59 Å². The second-order valence-corrected chi connectivity index (χ2v) is 7.63. The van der Waals surface area contributed by atoms with Crippen LogP contribution in [0.5, 0.6) is 0 Å². The van der Waals surface area contributed by atoms with Crippen molar-refractivity contribution in [2.75, 3.05) is 23.8 Å². The van der Waals surface area contributed by atoms with Gasteiger partial charge in [-0.05, 0) is 43.8 Å². The molecule has 0 saturated heterocycles. The van der Waals surface area contributed by atoms with E-state index in [0.717, 1.165) is 11.3 Å². The van der Waals surface area contributed by atoms with Crippen LogP contribution in [0.3, 0.4) is 0 Å². The molecule has 1 aliphatic rings. The van der Waals surface area contributed by atoms with Crippen LogP contribution in [0.25, 0.3) is 0 Å². The van der Waals surface area contributed by atoms with Gasteiger partial charge in [0.2, 0.25) is 11.8 Å². The molecule has 0 aromatic heterocycles. The number of amides is 2. The lowest BCUT2D eigenvalue weighted by atomic mass is 10.1. The van der Waals surface area contributed by atoms with Crippen molar-refractivity contribution in [2.24, 2.45) is 0 Å². The number of benzene rings is 2. The summed E-state index contributed by atoms with van der Waals surface area (Å²) in [6.07, 6.45) is 0.257. The number of carbonyl (C=O) groups excluding carboxylic acids is 2. The van der Waals surface area contributed by atoms with Crippen molar-refractivity contribution in [3.8, 4) is 0 Å². The van der Waals surface area contributed by atoms with Gasteiger partial charge in [0.15, 0.2) is 0 Å². The van der Waals surface area contributed by atoms with Gasteiger partial charge < -0.3 is 10.2 Å². The highest BCUT2D eigenvalue weighted by atomic mass is 35.5. The summed E-state index contributed by atoms with van der Waals surface area (Å²) < 4.78 is 0. The maximum Gasteiger partial charge on any atom is 0.241 e. The van der Waals surface area contributed by atoms with Gasteiger partial charge >= 0.3 is 0 Å². The summed E-state index contributed by atoms with van der Waals surface area (Å²) in [5, 5.41) is 4.02. The van der Waals surface area contributed by atoms with E-state index in [1.54, 1.807) is 17.0 Å². The number of nitrogens with one attached hydrogen (secondary N) is 1. The molecule has 1 atom stereocenters. The number of rotatable bonds is 4. The van der Waals surface area contributed by atoms with E-state index in [1.807, 2.05) is 49.2 Å². The number of halogens is 2. The fraction of sp³-hybridized carbons (Fsp3) is 0.300. The lowest BCUT2D eigenvalue weighted by Gasteiger charge is -2.29. The van der Waals surface area contributed by atoms with Crippen molar-refractivity contribution in [1.29, 1.82) is 0 Å². The molecule has 0 unspecified atom stereocenters. The highest BCUT2D eigenvalue weighted by molar-refractivity contribution is 6.35. The Labute approximate surface area is 168 Å². The molecule has 7 heteroatoms. The number of fused-ring (bicyclic) bond motifs is 1. The Bertz CT molecular complexity index is 872. The van der Waals surface area contributed by atoms with E-state index >= 15 is 0 Å². The Morgan fingerprint density at radius 1 is 1.26 bits per heavy atom. The smallest absolute Gasteiger partial charge is 0.241 e. The monoisotopic (exact) mass is 405 g/mol. The van der Waals surface area contributed by atoms with Gasteiger partial charge in [0, 0.05) is 29.1 Å². The summed E-state index contributed by atoms with van der Waals surface area (Å²) in [4.78, 5) is 28.7. The maximum absolute atomic E-state index is 13.1. The number of nitrogens with zero attached hydrogens (tertiary/aromatic N) is 2. The van der Waals surface area contributed by atoms with Crippen molar-refractivity contribution >= 4 is 46.4 Å². The molecular formula is C20H21Cl2N3O2. The van der Waals surface area contributed by atoms with Crippen LogP contribution in [-0.2, 0) is 16.1 Å². The standard InChI is InChI=1S/C20H21Cl2N3O2/c1-13-9-19(26)23-17-5-3-4-6-18(17)25(13)20(27)12-24(2)11-14-7-8-15(21)10-16(14)22/h3-8,10,13H,9,11-12H2,1-2H3,(H,23,26)/t13-/m1/s1. The van der Waals surface area contributed by atoms with Gasteiger partial charge in [-0.2, -0.15) is 0 Å². The molecule has 0 bridgehead atoms. The van der Waals surface area contributed by atoms with E-state index in [1.165, 1.54) is 0 Å². The SMILES string of the molecule is C[C@@H]1CC(=O)Nc2ccccc2N1C(=O)CN(C)Cc1ccc(Cl)cc1Cl. The molecule has 27 heavy (non-hydrogen) atoms. The molecule has 142 valence electrons. The summed E-state index contributed by atoms with van der Waals surface area (Å²) in [7, 11) is 1.86. The molecule has 2 amide bonds. The van der Waals surface area contributed by atoms with Gasteiger partial charge in [0.25, 0.3) is 0 Å². The number of hydrogen-bond acceptors (Lipinski definition) is 3. The highest BCUT2D eigenvalue weighted by Crippen LogP contribution is 2.31. The summed E-state index contributed by atoms with van der Waals surface area (Å²) in [6.45, 7) is 2.60. The number of hydrogen-bond donors (Lipinski definition) is 1. The first kappa shape index (κ1) is 19.7. The predicted octanol–water partition coefficient (Wildman–Crippen LogP) is 4.19. The zero-order valence-electron chi connectivity index (χ0n) is 15.2. The first-order valence-electron chi connectivity index (χ1n) is 8.68. The number of anilines is 2. The normalized spacial score (nSPS) is 16.7. The molecule has 0 saturated carbocycles. The molecule has 1 heterocycles. The maximum atomic E-state index is 13.1. The summed E-state index contributed by atoms with van der Waals surface area (Å²) in [6, 6.07) is 12.5. The van der Waals surface area contributed by atoms with Crippen LogP contribution in [0.1, 0.15) is 18.9 Å². The fourth-order valence-corrected chi connectivity index (χ4v) is 3.74. The zero-order chi connectivity index (χ0) is 19.6. The van der Waals surface area contributed by atoms with Crippen LogP contribution in [0.4, 0.5) is 11.4 Å². The van der Waals surface area contributed by atoms with E-state index in [9.17, 15) is 9.59 Å². The molecule has 1 aliphatic heterocycles. The Balaban J connectivity index is 1.77. The van der Waals surface area contributed by atoms with Crippen LogP contribution in [0.15, 0.2) is 42.5 Å². The number of carbonyl (C=O) groups is 2. The van der Waals surface area contributed by atoms with Gasteiger partial charge in [-0.15, -0.1) is 0 Å². The molecular weight excluding hydrogens is 385 g/mol. The van der Waals surface area contributed by atoms with Gasteiger partial charge in [-0.1, -0.05) is 41.4 Å². The molecule has 0 aliphatic carbocycles. The summed E-state index contributed by atoms with van der Waals surface area (Å²) in [5.74, 6) is -0.161. The molecule has 0 radical (unpaired) electrons. The van der Waals surface area contributed by atoms with E-state index in [-0.39, 0.29) is 30.8 Å². The van der Waals surface area contributed by atoms with Crippen molar-refractivity contribution in [3.63, 3.8) is 0 Å². The highest BCUT2D eigenvalue weighted by Gasteiger charge is 2.29. The van der Waals surface area contributed by atoms with Crippen LogP contribution < -0.4 is 10.2 Å². The number of para-hydroxylation sites is 2. The van der Waals surface area contributed by atoms with E-state index < -0.39 is 0 Å². The van der Waals surface area contributed by atoms with Gasteiger partial charge in [-0.25, -0.2) is 0 Å². The third-order valence-electron chi connectivity index (χ3n) is 4.49. The van der Waals surface area contributed by atoms with Gasteiger partial charge in [0.1, 0.15) is 0 Å². The Kier molecular flexibility index (Phi) is 6.05. The van der Waals surface area contributed by atoms with Crippen molar-refractivity contribution in [1.82, 2.24) is 4.90 Å². The van der Waals surface area contributed by atoms with E-state index in [0.29, 0.717) is 22.3 Å². The quantitative estimate of drug-likeness (QED) is 0.829. The average Bonchev–Trinajstić information content (AvgIpc) is 2.71. The molecule has 2 aromatic rings. The lowest BCUT2D eigenvalue weighted by molar-refractivity contribution is -0.120. The minimum absolute atomic E-state index is 0.0703. The Hall–Kier alpha value is -2.08. The van der Waals surface area contributed by atoms with Crippen LogP contribution in [0.2, 0.25) is 10.0 Å². The molecule has 0 spiro atoms. The largest absolute Gasteiger partial charge is 0.324 e. The second kappa shape index (κ2) is 8.30. The summed E-state index contributed by atoms with van der Waals surface area (Å²) >= 11 is 12.2. The van der Waals surface area contributed by atoms with Gasteiger partial charge in [0.05, 0.1) is 17.9 Å². The van der Waals surface area contributed by atoms with Gasteiger partial charge in [-0.3, -0.25) is 14.5 Å². The molecule has 2 aromatic carbocycles. The van der Waals surface area contributed by atoms with Crippen LogP contribution in [0, 0.1) is 0 Å². The van der Waals surface area contributed by atoms with Crippen LogP contribution in [-0.4, -0.2) is 36.3 Å². The van der Waals surface area contributed by atoms with Crippen molar-refractivity contribution in [2.45, 2.75) is 25.9 Å². The first-order valence-corrected chi connectivity index (χ1v) is 9.44. The zero-order valence-corrected chi connectivity index (χ0v) is 16.7. The predicted molar refractivity (Wildman–Crippen MR) is 109 cm³/mol. The molecule has 0 fully saturated rings. The molecule has 1 N–H and O–H groups in total. The molecule has 5 nitrogen and oxygen atoms in total. The Morgan fingerprint density at radius 3 is 2.74 bits per heavy atom. The minimum atomic E-state index is -0.228. The third-order valence-corrected chi connectivity index (χ3v) is 5.08. The number of likely N-dealkylation sites (N-methyl/N-ethyl adjacent to an activating group) is 1. The fourth-order valence-electron chi connectivity index (χ4n) is 3.27. The van der Waals surface area contributed by atoms with E-state index in [2.05, 4.69) is 5.32 Å². The average molecular weight is 406 g/mol. The third kappa shape index (κ3) is 4.61. The lowest BCUT2D eigenvalue weighted by Crippen LogP contribution is -2.44. The minimum Gasteiger partial charge on any atom is -0.324 e. The Morgan fingerprint density at radius 2 is 2.00 bits per heavy atom. The topological polar surface area (TPSA) is 52.7 Å². The van der Waals surface area contributed by atoms with Crippen molar-refractivity contribution in [3.05, 3.63) is 58.1 Å². The van der Waals surface area contributed by atoms with Crippen LogP contribution >= 0.6 is 23.2 Å². The molecule has 3 rings (SSSR count). The second-order valence-electron chi connectivity index (χ2n) is 6.79.